The lowest BCUT2D eigenvalue weighted by molar-refractivity contribution is -0.181. The first-order chi connectivity index (χ1) is 18.9. The molecule has 210 valence electrons. The van der Waals surface area contributed by atoms with E-state index in [-0.39, 0.29) is 24.2 Å². The summed E-state index contributed by atoms with van der Waals surface area (Å²) < 4.78 is 5.30. The minimum absolute atomic E-state index is 0.00902. The molecule has 4 N–H and O–H groups in total. The number of hydrogen-bond donors (Lipinski definition) is 3. The first-order valence-corrected chi connectivity index (χ1v) is 13.2. The molecule has 0 bridgehead atoms. The summed E-state index contributed by atoms with van der Waals surface area (Å²) in [5, 5.41) is 22.4. The monoisotopic (exact) mass is 548 g/mol. The van der Waals surface area contributed by atoms with Gasteiger partial charge in [-0.25, -0.2) is 0 Å². The van der Waals surface area contributed by atoms with Gasteiger partial charge in [0.2, 0.25) is 5.91 Å². The van der Waals surface area contributed by atoms with Gasteiger partial charge in [-0.15, -0.1) is 0 Å². The van der Waals surface area contributed by atoms with Gasteiger partial charge in [0.25, 0.3) is 0 Å². The third kappa shape index (κ3) is 4.05. The van der Waals surface area contributed by atoms with Crippen LogP contribution in [0.3, 0.4) is 0 Å². The summed E-state index contributed by atoms with van der Waals surface area (Å²) in [6.45, 7) is 0. The number of amides is 1. The quantitative estimate of drug-likeness (QED) is 0.440. The Bertz CT molecular complexity index is 1450. The molecule has 3 aliphatic carbocycles. The maximum absolute atomic E-state index is 13.9. The molecule has 0 radical (unpaired) electrons. The molecular weight excluding hydrogens is 516 g/mol. The van der Waals surface area contributed by atoms with Crippen LogP contribution in [0.4, 0.5) is 0 Å². The molecule has 0 aliphatic heterocycles. The predicted molar refractivity (Wildman–Crippen MR) is 142 cm³/mol. The SMILES string of the molecule is COc1cccc(CCc2ccc(O)c3c2CC2CC4C(N(C)C)C(=O)C(C(N)=O)C(=O)[C@@]4(O)C(=O)C2C3=O)c1. The van der Waals surface area contributed by atoms with Crippen molar-refractivity contribution in [2.24, 2.45) is 29.4 Å². The van der Waals surface area contributed by atoms with E-state index in [1.54, 1.807) is 27.3 Å². The fourth-order valence-electron chi connectivity index (χ4n) is 7.01. The van der Waals surface area contributed by atoms with Gasteiger partial charge < -0.3 is 20.7 Å². The molecule has 2 aromatic carbocycles. The van der Waals surface area contributed by atoms with Gasteiger partial charge in [-0.2, -0.15) is 0 Å². The summed E-state index contributed by atoms with van der Waals surface area (Å²) in [6.07, 6.45) is 1.46. The number of primary amides is 1. The first kappa shape index (κ1) is 27.7. The van der Waals surface area contributed by atoms with E-state index >= 15 is 0 Å². The molecular formula is C30H32N2O8. The Hall–Kier alpha value is -3.89. The second-order valence-electron chi connectivity index (χ2n) is 11.2. The molecule has 5 unspecified atom stereocenters. The van der Waals surface area contributed by atoms with Crippen molar-refractivity contribution < 1.29 is 38.9 Å². The van der Waals surface area contributed by atoms with Crippen molar-refractivity contribution >= 4 is 29.0 Å². The Morgan fingerprint density at radius 1 is 1.10 bits per heavy atom. The number of phenols is 1. The van der Waals surface area contributed by atoms with E-state index in [9.17, 15) is 34.2 Å². The fraction of sp³-hybridized carbons (Fsp3) is 0.433. The molecule has 0 heterocycles. The molecule has 1 amide bonds. The fourth-order valence-corrected chi connectivity index (χ4v) is 7.01. The lowest BCUT2D eigenvalue weighted by Gasteiger charge is -2.52. The number of nitrogens with two attached hydrogens (primary N) is 1. The van der Waals surface area contributed by atoms with Crippen LogP contribution >= 0.6 is 0 Å². The van der Waals surface area contributed by atoms with E-state index in [1.165, 1.54) is 11.0 Å². The number of carbonyl (C=O) groups is 5. The summed E-state index contributed by atoms with van der Waals surface area (Å²) in [5.41, 5.74) is 5.12. The highest BCUT2D eigenvalue weighted by Crippen LogP contribution is 2.51. The van der Waals surface area contributed by atoms with Crippen LogP contribution in [-0.2, 0) is 38.4 Å². The Morgan fingerprint density at radius 3 is 2.48 bits per heavy atom. The van der Waals surface area contributed by atoms with Crippen LogP contribution in [0.25, 0.3) is 0 Å². The van der Waals surface area contributed by atoms with Gasteiger partial charge in [0, 0.05) is 5.92 Å². The number of nitrogens with zero attached hydrogens (tertiary/aromatic N) is 1. The molecule has 6 atom stereocenters. The summed E-state index contributed by atoms with van der Waals surface area (Å²) in [4.78, 5) is 67.8. The van der Waals surface area contributed by atoms with E-state index in [0.29, 0.717) is 18.4 Å². The predicted octanol–water partition coefficient (Wildman–Crippen LogP) is 0.661. The van der Waals surface area contributed by atoms with Gasteiger partial charge in [-0.3, -0.25) is 28.9 Å². The third-order valence-electron chi connectivity index (χ3n) is 8.86. The van der Waals surface area contributed by atoms with Crippen molar-refractivity contribution in [3.05, 3.63) is 58.7 Å². The summed E-state index contributed by atoms with van der Waals surface area (Å²) in [7, 11) is 4.71. The number of aromatic hydroxyl groups is 1. The average Bonchev–Trinajstić information content (AvgIpc) is 2.90. The number of likely N-dealkylation sites (N-methyl/N-ethyl adjacent to an activating group) is 1. The number of rotatable bonds is 6. The Labute approximate surface area is 231 Å². The molecule has 10 nitrogen and oxygen atoms in total. The third-order valence-corrected chi connectivity index (χ3v) is 8.86. The summed E-state index contributed by atoms with van der Waals surface area (Å²) in [6, 6.07) is 9.68. The zero-order chi connectivity index (χ0) is 29.1. The van der Waals surface area contributed by atoms with Crippen molar-refractivity contribution in [3.63, 3.8) is 0 Å². The Morgan fingerprint density at radius 2 is 1.82 bits per heavy atom. The molecule has 3 aliphatic rings. The van der Waals surface area contributed by atoms with Gasteiger partial charge in [-0.1, -0.05) is 18.2 Å². The highest BCUT2D eigenvalue weighted by molar-refractivity contribution is 6.32. The van der Waals surface area contributed by atoms with Gasteiger partial charge in [0.05, 0.1) is 24.6 Å². The van der Waals surface area contributed by atoms with Gasteiger partial charge in [0.15, 0.2) is 34.7 Å². The topological polar surface area (TPSA) is 164 Å². The van der Waals surface area contributed by atoms with Crippen molar-refractivity contribution in [1.82, 2.24) is 4.90 Å². The van der Waals surface area contributed by atoms with Crippen LogP contribution in [-0.4, -0.2) is 77.0 Å². The van der Waals surface area contributed by atoms with Gasteiger partial charge in [0.1, 0.15) is 11.5 Å². The van der Waals surface area contributed by atoms with Crippen molar-refractivity contribution in [1.29, 1.82) is 0 Å². The van der Waals surface area contributed by atoms with Crippen LogP contribution in [0.1, 0.15) is 33.5 Å². The zero-order valence-corrected chi connectivity index (χ0v) is 22.5. The van der Waals surface area contributed by atoms with Gasteiger partial charge in [-0.05, 0) is 80.6 Å². The van der Waals surface area contributed by atoms with Crippen LogP contribution in [0, 0.1) is 23.7 Å². The minimum Gasteiger partial charge on any atom is -0.507 e. The normalized spacial score (nSPS) is 29.6. The molecule has 2 saturated carbocycles. The van der Waals surface area contributed by atoms with E-state index in [4.69, 9.17) is 10.5 Å². The number of ketones is 4. The highest BCUT2D eigenvalue weighted by atomic mass is 16.5. The largest absolute Gasteiger partial charge is 0.507 e. The number of aryl methyl sites for hydroxylation is 2. The second-order valence-corrected chi connectivity index (χ2v) is 11.2. The number of aliphatic hydroxyl groups is 1. The number of ether oxygens (including phenoxy) is 1. The lowest BCUT2D eigenvalue weighted by Crippen LogP contribution is -2.74. The van der Waals surface area contributed by atoms with Crippen LogP contribution in [0.2, 0.25) is 0 Å². The summed E-state index contributed by atoms with van der Waals surface area (Å²) in [5.74, 6) is -9.71. The molecule has 0 spiro atoms. The average molecular weight is 549 g/mol. The number of methoxy groups -OCH3 is 1. The van der Waals surface area contributed by atoms with E-state index < -0.39 is 64.4 Å². The highest BCUT2D eigenvalue weighted by Gasteiger charge is 2.69. The molecule has 40 heavy (non-hydrogen) atoms. The number of hydrogen-bond acceptors (Lipinski definition) is 9. The Kier molecular flexibility index (Phi) is 6.87. The van der Waals surface area contributed by atoms with Gasteiger partial charge >= 0.3 is 0 Å². The smallest absolute Gasteiger partial charge is 0.235 e. The van der Waals surface area contributed by atoms with E-state index in [0.717, 1.165) is 16.9 Å². The van der Waals surface area contributed by atoms with E-state index in [2.05, 4.69) is 0 Å². The first-order valence-electron chi connectivity index (χ1n) is 13.2. The van der Waals surface area contributed by atoms with Crippen LogP contribution in [0.15, 0.2) is 36.4 Å². The number of carbonyl (C=O) groups excluding carboxylic acids is 5. The van der Waals surface area contributed by atoms with Crippen molar-refractivity contribution in [2.45, 2.75) is 37.3 Å². The van der Waals surface area contributed by atoms with Crippen LogP contribution in [0.5, 0.6) is 11.5 Å². The molecule has 0 aromatic heterocycles. The van der Waals surface area contributed by atoms with E-state index in [1.807, 2.05) is 24.3 Å². The molecule has 5 rings (SSSR count). The summed E-state index contributed by atoms with van der Waals surface area (Å²) >= 11 is 0. The molecule has 0 saturated heterocycles. The second kappa shape index (κ2) is 9.94. The van der Waals surface area contributed by atoms with Crippen molar-refractivity contribution in [3.8, 4) is 11.5 Å². The number of benzene rings is 2. The van der Waals surface area contributed by atoms with Crippen LogP contribution < -0.4 is 10.5 Å². The maximum Gasteiger partial charge on any atom is 0.235 e. The zero-order valence-electron chi connectivity index (χ0n) is 22.5. The van der Waals surface area contributed by atoms with Crippen molar-refractivity contribution in [2.75, 3.05) is 21.2 Å². The lowest BCUT2D eigenvalue weighted by atomic mass is 9.52. The number of fused-ring (bicyclic) bond motifs is 3. The minimum atomic E-state index is -2.73. The number of phenolic OH excluding ortho intramolecular Hbond substituents is 1. The molecule has 2 aromatic rings. The standard InChI is InChI=1S/C30H32N2O8/c1-32(2)24-19-13-16-12-18-15(8-7-14-5-4-6-17(11-14)40-3)9-10-20(33)22(18)25(34)21(16)27(36)30(19,39)28(37)23(26(24)35)29(31)38/h4-6,9-11,16,19,21,23-24,33,39H,7-8,12-13H2,1-3H3,(H2,31,38)/t16?,19?,21?,23?,24?,30-/m0/s1. The molecule has 10 heteroatoms. The maximum atomic E-state index is 13.9. The Balaban J connectivity index is 1.54. The number of Topliss-reactive ketones (excluding diaryl/α,β-unsaturated/α-hetero) is 4. The molecule has 2 fully saturated rings.